The van der Waals surface area contributed by atoms with E-state index in [2.05, 4.69) is 10.6 Å². The number of hydrogen-bond donors (Lipinski definition) is 14. The number of carbonyl (C=O) groups excluding carboxylic acids is 2. The second-order valence-electron chi connectivity index (χ2n) is 14.3. The minimum atomic E-state index is -1.82. The van der Waals surface area contributed by atoms with Crippen molar-refractivity contribution < 1.29 is 73.8 Å². The number of Topliss-reactive ketones (excluding diaryl/α,β-unsaturated/α-hetero) is 1. The van der Waals surface area contributed by atoms with Gasteiger partial charge in [0.1, 0.15) is 48.3 Å². The van der Waals surface area contributed by atoms with Gasteiger partial charge < -0.3 is 103 Å². The Bertz CT molecular complexity index is 1210. The molecule has 19 N–H and O–H groups in total. The van der Waals surface area contributed by atoms with Gasteiger partial charge in [0.05, 0.1) is 43.5 Å². The van der Waals surface area contributed by atoms with Gasteiger partial charge >= 0.3 is 0 Å². The Morgan fingerprint density at radius 3 is 2.17 bits per heavy atom. The molecule has 0 bridgehead atoms. The molecule has 52 heavy (non-hydrogen) atoms. The molecule has 0 unspecified atom stereocenters. The van der Waals surface area contributed by atoms with E-state index in [9.17, 15) is 40.2 Å². The van der Waals surface area contributed by atoms with Gasteiger partial charge in [0, 0.05) is 44.6 Å². The molecule has 1 amide bonds. The van der Waals surface area contributed by atoms with Crippen molar-refractivity contribution in [3.05, 3.63) is 0 Å². The van der Waals surface area contributed by atoms with Crippen molar-refractivity contribution in [2.45, 2.75) is 141 Å². The Morgan fingerprint density at radius 2 is 1.54 bits per heavy atom. The summed E-state index contributed by atoms with van der Waals surface area (Å²) in [6.07, 6.45) is -17.7. The van der Waals surface area contributed by atoms with E-state index in [0.717, 1.165) is 0 Å². The molecule has 0 aromatic heterocycles. The van der Waals surface area contributed by atoms with Crippen molar-refractivity contribution in [1.29, 1.82) is 0 Å². The topological polar surface area (TPSA) is 385 Å². The fraction of sp³-hybridized carbons (Fsp3) is 0.933. The summed E-state index contributed by atoms with van der Waals surface area (Å²) < 4.78 is 35.3. The van der Waals surface area contributed by atoms with Crippen LogP contribution in [0, 0.1) is 0 Å². The maximum absolute atomic E-state index is 13.8. The molecule has 3 heterocycles. The zero-order chi connectivity index (χ0) is 38.1. The normalized spacial score (nSPS) is 48.3. The highest BCUT2D eigenvalue weighted by molar-refractivity contribution is 5.89. The van der Waals surface area contributed by atoms with Crippen LogP contribution < -0.4 is 39.3 Å². The molecule has 22 heteroatoms. The second-order valence-corrected chi connectivity index (χ2v) is 14.3. The summed E-state index contributed by atoms with van der Waals surface area (Å²) in [4.78, 5) is 26.8. The summed E-state index contributed by atoms with van der Waals surface area (Å²) in [6, 6.07) is -4.73. The maximum Gasteiger partial charge on any atom is 0.252 e. The SMILES string of the molecule is NC[C@@H]1O[C@H](O[C@H]2C(=O)[C@H](O[C@@H]3[C@@H](O)[C@H](NC(=O)C4(O)CC(N)C4)C[C@H](N)[C@H]3O[C@H]3O[C@H](CNCCO)[C@@H](O)C[C@H]3N)O[C@@H]2CO)[C@H](N)[C@@H](O)[C@@H]1O. The molecular weight excluding hydrogens is 698 g/mol. The fourth-order valence-corrected chi connectivity index (χ4v) is 7.28. The first-order chi connectivity index (χ1) is 24.6. The summed E-state index contributed by atoms with van der Waals surface area (Å²) in [5, 5.41) is 78.3. The van der Waals surface area contributed by atoms with Crippen LogP contribution in [0.1, 0.15) is 25.7 Å². The largest absolute Gasteiger partial charge is 0.395 e. The summed E-state index contributed by atoms with van der Waals surface area (Å²) in [6.45, 7) is -0.750. The van der Waals surface area contributed by atoms with E-state index in [4.69, 9.17) is 62.2 Å². The van der Waals surface area contributed by atoms with Gasteiger partial charge in [0.2, 0.25) is 12.1 Å². The summed E-state index contributed by atoms with van der Waals surface area (Å²) in [5.74, 6) is -1.67. The van der Waals surface area contributed by atoms with Gasteiger partial charge in [-0.15, -0.1) is 0 Å². The number of hydrogen-bond acceptors (Lipinski definition) is 21. The molecule has 0 aromatic carbocycles. The Morgan fingerprint density at radius 1 is 0.846 bits per heavy atom. The van der Waals surface area contributed by atoms with Gasteiger partial charge in [-0.3, -0.25) is 9.59 Å². The van der Waals surface area contributed by atoms with Crippen molar-refractivity contribution in [1.82, 2.24) is 10.6 Å². The highest BCUT2D eigenvalue weighted by Gasteiger charge is 2.55. The lowest BCUT2D eigenvalue weighted by Gasteiger charge is -2.48. The number of carbonyl (C=O) groups is 2. The van der Waals surface area contributed by atoms with Crippen LogP contribution >= 0.6 is 0 Å². The molecular formula is C30H55N7O15. The monoisotopic (exact) mass is 753 g/mol. The first-order valence-corrected chi connectivity index (χ1v) is 17.5. The molecule has 3 aliphatic heterocycles. The molecule has 0 radical (unpaired) electrons. The molecule has 0 spiro atoms. The van der Waals surface area contributed by atoms with Crippen LogP contribution in [0.15, 0.2) is 0 Å². The highest BCUT2D eigenvalue weighted by Crippen LogP contribution is 2.35. The number of aliphatic hydroxyl groups is 7. The van der Waals surface area contributed by atoms with Crippen LogP contribution in [0.4, 0.5) is 0 Å². The van der Waals surface area contributed by atoms with Crippen LogP contribution in [0.3, 0.4) is 0 Å². The van der Waals surface area contributed by atoms with E-state index in [-0.39, 0.29) is 58.0 Å². The van der Waals surface area contributed by atoms with Gasteiger partial charge in [-0.05, 0) is 12.8 Å². The molecule has 22 nitrogen and oxygen atoms in total. The predicted molar refractivity (Wildman–Crippen MR) is 173 cm³/mol. The van der Waals surface area contributed by atoms with Gasteiger partial charge in [0.25, 0.3) is 5.91 Å². The Kier molecular flexibility index (Phi) is 13.9. The first-order valence-electron chi connectivity index (χ1n) is 17.5. The van der Waals surface area contributed by atoms with Crippen LogP contribution in [0.5, 0.6) is 0 Å². The van der Waals surface area contributed by atoms with Gasteiger partial charge in [-0.1, -0.05) is 0 Å². The zero-order valence-electron chi connectivity index (χ0n) is 28.5. The molecule has 17 atom stereocenters. The Labute approximate surface area is 299 Å². The number of ketones is 1. The number of rotatable bonds is 14. The number of aliphatic hydroxyl groups excluding tert-OH is 6. The number of nitrogens with two attached hydrogens (primary N) is 5. The predicted octanol–water partition coefficient (Wildman–Crippen LogP) is -9.03. The second kappa shape index (κ2) is 17.5. The van der Waals surface area contributed by atoms with Crippen LogP contribution in [-0.4, -0.2) is 196 Å². The number of nitrogens with one attached hydrogen (secondary N) is 2. The van der Waals surface area contributed by atoms with E-state index < -0.39 is 128 Å². The highest BCUT2D eigenvalue weighted by atomic mass is 16.8. The molecule has 0 aromatic rings. The third-order valence-corrected chi connectivity index (χ3v) is 10.4. The summed E-state index contributed by atoms with van der Waals surface area (Å²) in [5.41, 5.74) is 28.5. The molecule has 2 saturated carbocycles. The lowest BCUT2D eigenvalue weighted by Crippen LogP contribution is -2.69. The number of ether oxygens (including phenoxy) is 6. The van der Waals surface area contributed by atoms with E-state index in [1.54, 1.807) is 0 Å². The summed E-state index contributed by atoms with van der Waals surface area (Å²) >= 11 is 0. The third kappa shape index (κ3) is 8.75. The van der Waals surface area contributed by atoms with E-state index >= 15 is 0 Å². The average Bonchev–Trinajstić information content (AvgIpc) is 3.39. The van der Waals surface area contributed by atoms with Crippen molar-refractivity contribution in [3.8, 4) is 0 Å². The lowest BCUT2D eigenvalue weighted by molar-refractivity contribution is -0.289. The van der Waals surface area contributed by atoms with Gasteiger partial charge in [-0.25, -0.2) is 0 Å². The average molecular weight is 754 g/mol. The van der Waals surface area contributed by atoms with Gasteiger partial charge in [0.15, 0.2) is 18.7 Å². The smallest absolute Gasteiger partial charge is 0.252 e. The Balaban J connectivity index is 1.35. The molecule has 5 fully saturated rings. The van der Waals surface area contributed by atoms with Crippen molar-refractivity contribution in [2.75, 3.05) is 32.8 Å². The van der Waals surface area contributed by atoms with E-state index in [1.807, 2.05) is 0 Å². The zero-order valence-corrected chi connectivity index (χ0v) is 28.5. The van der Waals surface area contributed by atoms with Crippen LogP contribution in [0.2, 0.25) is 0 Å². The third-order valence-electron chi connectivity index (χ3n) is 10.4. The minimum absolute atomic E-state index is 0.00118. The standard InChI is InChI=1S/C30H55N7O15/c31-7-15-20(42)21(43)18(35)27(47-15)51-24-17(9-39)49-28(22(24)44)52-25-19(41)13(37-29(45)30(46)5-10(32)6-30)3-11(33)23(25)50-26-12(34)4-14(40)16(48-26)8-36-1-2-38/h10-21,23-28,36,38-43,46H,1-9,31-35H2,(H,37,45)/t10?,11-,12+,13+,14-,15-,16+,17+,18+,19-,20+,21+,23+,24+,25+,26+,27+,28-,30?/m0/s1. The van der Waals surface area contributed by atoms with Crippen molar-refractivity contribution in [3.63, 3.8) is 0 Å². The molecule has 300 valence electrons. The van der Waals surface area contributed by atoms with Gasteiger partial charge in [-0.2, -0.15) is 0 Å². The molecule has 3 saturated heterocycles. The van der Waals surface area contributed by atoms with E-state index in [1.165, 1.54) is 0 Å². The van der Waals surface area contributed by atoms with Crippen molar-refractivity contribution >= 4 is 11.7 Å². The van der Waals surface area contributed by atoms with Crippen molar-refractivity contribution in [2.24, 2.45) is 28.7 Å². The summed E-state index contributed by atoms with van der Waals surface area (Å²) in [7, 11) is 0. The van der Waals surface area contributed by atoms with Crippen LogP contribution in [0.25, 0.3) is 0 Å². The van der Waals surface area contributed by atoms with Crippen LogP contribution in [-0.2, 0) is 38.0 Å². The molecule has 2 aliphatic carbocycles. The molecule has 5 aliphatic rings. The van der Waals surface area contributed by atoms with E-state index in [0.29, 0.717) is 0 Å². The Hall–Kier alpha value is -1.62. The molecule has 5 rings (SSSR count). The maximum atomic E-state index is 13.8. The first kappa shape index (κ1) is 41.5. The fourth-order valence-electron chi connectivity index (χ4n) is 7.28. The quantitative estimate of drug-likeness (QED) is 0.0732. The minimum Gasteiger partial charge on any atom is -0.395 e. The lowest BCUT2D eigenvalue weighted by atomic mass is 9.75. The number of amides is 1.